The second-order valence-corrected chi connectivity index (χ2v) is 4.69. The molecular formula is C12H14BrFN4. The predicted molar refractivity (Wildman–Crippen MR) is 71.5 cm³/mol. The summed E-state index contributed by atoms with van der Waals surface area (Å²) >= 11 is 3.34. The van der Waals surface area contributed by atoms with Crippen LogP contribution in [0.2, 0.25) is 0 Å². The zero-order valence-electron chi connectivity index (χ0n) is 10.2. The van der Waals surface area contributed by atoms with Gasteiger partial charge in [0.25, 0.3) is 0 Å². The molecule has 0 bridgehead atoms. The van der Waals surface area contributed by atoms with Gasteiger partial charge in [0.05, 0.1) is 0 Å². The molecule has 0 aliphatic heterocycles. The van der Waals surface area contributed by atoms with Gasteiger partial charge in [-0.05, 0) is 40.2 Å². The van der Waals surface area contributed by atoms with Gasteiger partial charge in [0.2, 0.25) is 0 Å². The maximum atomic E-state index is 13.4. The van der Waals surface area contributed by atoms with Gasteiger partial charge in [-0.2, -0.15) is 0 Å². The van der Waals surface area contributed by atoms with Crippen molar-refractivity contribution in [3.05, 3.63) is 34.2 Å². The molecular weight excluding hydrogens is 299 g/mol. The summed E-state index contributed by atoms with van der Waals surface area (Å²) in [6.07, 6.45) is 0. The number of aryl methyl sites for hydroxylation is 1. The quantitative estimate of drug-likeness (QED) is 0.943. The van der Waals surface area contributed by atoms with E-state index in [9.17, 15) is 4.39 Å². The van der Waals surface area contributed by atoms with E-state index in [0.29, 0.717) is 11.1 Å². The average molecular weight is 313 g/mol. The molecule has 0 aliphatic carbocycles. The third-order valence-corrected chi connectivity index (χ3v) is 3.21. The molecule has 4 nitrogen and oxygen atoms in total. The molecule has 6 heteroatoms. The van der Waals surface area contributed by atoms with Crippen molar-refractivity contribution in [2.45, 2.75) is 13.5 Å². The first-order valence-corrected chi connectivity index (χ1v) is 6.47. The SMILES string of the molecule is CCNCc1ccc(F)cc1-c1c(Br)nnn1C. The van der Waals surface area contributed by atoms with Crippen LogP contribution >= 0.6 is 15.9 Å². The van der Waals surface area contributed by atoms with Gasteiger partial charge in [0, 0.05) is 19.2 Å². The van der Waals surface area contributed by atoms with Gasteiger partial charge in [-0.25, -0.2) is 9.07 Å². The van der Waals surface area contributed by atoms with E-state index in [4.69, 9.17) is 0 Å². The van der Waals surface area contributed by atoms with Crippen molar-refractivity contribution in [1.82, 2.24) is 20.3 Å². The van der Waals surface area contributed by atoms with Crippen LogP contribution < -0.4 is 5.32 Å². The second-order valence-electron chi connectivity index (χ2n) is 3.93. The number of hydrogen-bond donors (Lipinski definition) is 1. The van der Waals surface area contributed by atoms with Crippen molar-refractivity contribution in [2.24, 2.45) is 7.05 Å². The van der Waals surface area contributed by atoms with E-state index in [1.165, 1.54) is 12.1 Å². The first-order chi connectivity index (χ1) is 8.63. The fourth-order valence-corrected chi connectivity index (χ4v) is 2.34. The minimum absolute atomic E-state index is 0.265. The minimum atomic E-state index is -0.265. The first-order valence-electron chi connectivity index (χ1n) is 5.68. The maximum Gasteiger partial charge on any atom is 0.156 e. The monoisotopic (exact) mass is 312 g/mol. The van der Waals surface area contributed by atoms with Crippen molar-refractivity contribution in [3.63, 3.8) is 0 Å². The lowest BCUT2D eigenvalue weighted by molar-refractivity contribution is 0.625. The van der Waals surface area contributed by atoms with Gasteiger partial charge < -0.3 is 5.32 Å². The van der Waals surface area contributed by atoms with Gasteiger partial charge in [-0.15, -0.1) is 5.10 Å². The summed E-state index contributed by atoms with van der Waals surface area (Å²) in [6.45, 7) is 3.58. The molecule has 1 aromatic heterocycles. The topological polar surface area (TPSA) is 42.7 Å². The Hall–Kier alpha value is -1.27. The van der Waals surface area contributed by atoms with E-state index in [1.807, 2.05) is 6.92 Å². The molecule has 1 aromatic carbocycles. The van der Waals surface area contributed by atoms with E-state index in [2.05, 4.69) is 31.6 Å². The van der Waals surface area contributed by atoms with Crippen molar-refractivity contribution in [1.29, 1.82) is 0 Å². The molecule has 0 amide bonds. The highest BCUT2D eigenvalue weighted by molar-refractivity contribution is 9.10. The molecule has 0 fully saturated rings. The molecule has 0 aliphatic rings. The van der Waals surface area contributed by atoms with Crippen LogP contribution in [0.15, 0.2) is 22.8 Å². The van der Waals surface area contributed by atoms with Crippen molar-refractivity contribution in [2.75, 3.05) is 6.54 Å². The van der Waals surface area contributed by atoms with Crippen LogP contribution in [0.5, 0.6) is 0 Å². The molecule has 0 saturated heterocycles. The largest absolute Gasteiger partial charge is 0.313 e. The lowest BCUT2D eigenvalue weighted by atomic mass is 10.0. The Bertz CT molecular complexity index is 534. The fraction of sp³-hybridized carbons (Fsp3) is 0.333. The normalized spacial score (nSPS) is 10.9. The Labute approximate surface area is 113 Å². The molecule has 0 saturated carbocycles. The van der Waals surface area contributed by atoms with E-state index in [0.717, 1.165) is 23.4 Å². The van der Waals surface area contributed by atoms with E-state index in [1.54, 1.807) is 17.8 Å². The zero-order valence-corrected chi connectivity index (χ0v) is 11.8. The fourth-order valence-electron chi connectivity index (χ4n) is 1.80. The Morgan fingerprint density at radius 3 is 2.83 bits per heavy atom. The van der Waals surface area contributed by atoms with Crippen LogP contribution in [0, 0.1) is 5.82 Å². The Morgan fingerprint density at radius 1 is 1.44 bits per heavy atom. The zero-order chi connectivity index (χ0) is 13.1. The van der Waals surface area contributed by atoms with E-state index >= 15 is 0 Å². The first kappa shape index (κ1) is 13.2. The van der Waals surface area contributed by atoms with Crippen molar-refractivity contribution < 1.29 is 4.39 Å². The number of halogens is 2. The molecule has 2 rings (SSSR count). The Morgan fingerprint density at radius 2 is 2.22 bits per heavy atom. The lowest BCUT2D eigenvalue weighted by Crippen LogP contribution is -2.13. The smallest absolute Gasteiger partial charge is 0.156 e. The highest BCUT2D eigenvalue weighted by atomic mass is 79.9. The Kier molecular flexibility index (Phi) is 4.08. The summed E-state index contributed by atoms with van der Waals surface area (Å²) in [7, 11) is 1.79. The lowest BCUT2D eigenvalue weighted by Gasteiger charge is -2.10. The second kappa shape index (κ2) is 5.58. The minimum Gasteiger partial charge on any atom is -0.313 e. The maximum absolute atomic E-state index is 13.4. The number of nitrogens with one attached hydrogen (secondary N) is 1. The number of hydrogen-bond acceptors (Lipinski definition) is 3. The van der Waals surface area contributed by atoms with Gasteiger partial charge in [0.1, 0.15) is 11.5 Å². The van der Waals surface area contributed by atoms with Gasteiger partial charge in [-0.3, -0.25) is 0 Å². The predicted octanol–water partition coefficient (Wildman–Crippen LogP) is 2.49. The highest BCUT2D eigenvalue weighted by Crippen LogP contribution is 2.29. The van der Waals surface area contributed by atoms with Gasteiger partial charge >= 0.3 is 0 Å². The number of nitrogens with zero attached hydrogens (tertiary/aromatic N) is 3. The molecule has 1 heterocycles. The summed E-state index contributed by atoms with van der Waals surface area (Å²) in [4.78, 5) is 0. The van der Waals surface area contributed by atoms with Crippen molar-refractivity contribution in [3.8, 4) is 11.3 Å². The van der Waals surface area contributed by atoms with Crippen LogP contribution in [0.3, 0.4) is 0 Å². The number of rotatable bonds is 4. The molecule has 0 atom stereocenters. The summed E-state index contributed by atoms with van der Waals surface area (Å²) in [5.41, 5.74) is 2.60. The number of aromatic nitrogens is 3. The van der Waals surface area contributed by atoms with Crippen LogP contribution in [0.4, 0.5) is 4.39 Å². The molecule has 18 heavy (non-hydrogen) atoms. The molecule has 0 unspecified atom stereocenters. The molecule has 0 radical (unpaired) electrons. The third kappa shape index (κ3) is 2.59. The Balaban J connectivity index is 2.51. The van der Waals surface area contributed by atoms with Crippen LogP contribution in [-0.2, 0) is 13.6 Å². The van der Waals surface area contributed by atoms with Crippen molar-refractivity contribution >= 4 is 15.9 Å². The summed E-state index contributed by atoms with van der Waals surface area (Å²) < 4.78 is 15.7. The summed E-state index contributed by atoms with van der Waals surface area (Å²) in [6, 6.07) is 4.76. The van der Waals surface area contributed by atoms with Crippen LogP contribution in [-0.4, -0.2) is 21.5 Å². The van der Waals surface area contributed by atoms with E-state index < -0.39 is 0 Å². The van der Waals surface area contributed by atoms with Gasteiger partial charge in [-0.1, -0.05) is 18.2 Å². The molecule has 2 aromatic rings. The summed E-state index contributed by atoms with van der Waals surface area (Å²) in [5.74, 6) is -0.265. The third-order valence-electron chi connectivity index (χ3n) is 2.68. The van der Waals surface area contributed by atoms with Crippen LogP contribution in [0.25, 0.3) is 11.3 Å². The molecule has 96 valence electrons. The number of benzene rings is 1. The highest BCUT2D eigenvalue weighted by Gasteiger charge is 2.15. The molecule has 0 spiro atoms. The van der Waals surface area contributed by atoms with Crippen LogP contribution in [0.1, 0.15) is 12.5 Å². The standard InChI is InChI=1S/C12H14BrFN4/c1-3-15-7-8-4-5-9(14)6-10(8)11-12(13)16-17-18(11)2/h4-6,15H,3,7H2,1-2H3. The van der Waals surface area contributed by atoms with Gasteiger partial charge in [0.15, 0.2) is 4.60 Å². The average Bonchev–Trinajstić information content (AvgIpc) is 2.67. The summed E-state index contributed by atoms with van der Waals surface area (Å²) in [5, 5.41) is 11.1. The molecule has 1 N–H and O–H groups in total. The van der Waals surface area contributed by atoms with E-state index in [-0.39, 0.29) is 5.82 Å².